The van der Waals surface area contributed by atoms with Gasteiger partial charge in [-0.1, -0.05) is 38.8 Å². The van der Waals surface area contributed by atoms with Crippen LogP contribution in [0.3, 0.4) is 0 Å². The van der Waals surface area contributed by atoms with Gasteiger partial charge in [0, 0.05) is 5.56 Å². The molecule has 1 aromatic carbocycles. The van der Waals surface area contributed by atoms with Crippen LogP contribution in [0.5, 0.6) is 5.75 Å². The molecule has 21 heavy (non-hydrogen) atoms. The third kappa shape index (κ3) is 3.13. The largest absolute Gasteiger partial charge is 0.494 e. The summed E-state index contributed by atoms with van der Waals surface area (Å²) in [6.07, 6.45) is 4.25. The lowest BCUT2D eigenvalue weighted by Crippen LogP contribution is -2.52. The molecule has 1 aliphatic rings. The Hall–Kier alpha value is -1.35. The van der Waals surface area contributed by atoms with E-state index in [1.807, 2.05) is 31.2 Å². The molecule has 0 aromatic heterocycles. The number of likely N-dealkylation sites (N-methyl/N-ethyl adjacent to an activating group) is 1. The maximum absolute atomic E-state index is 13.2. The molecule has 3 nitrogen and oxygen atoms in total. The van der Waals surface area contributed by atoms with E-state index in [0.29, 0.717) is 6.61 Å². The summed E-state index contributed by atoms with van der Waals surface area (Å²) in [5, 5.41) is 0. The van der Waals surface area contributed by atoms with Crippen LogP contribution in [-0.4, -0.2) is 35.9 Å². The Bertz CT molecular complexity index is 474. The second kappa shape index (κ2) is 7.08. The molecule has 3 heteroatoms. The standard InChI is InChI=1S/C18H27NO2/c1-4-19(5-2)18(12-7-8-13-18)17(20)15-10-9-11-16(14-15)21-6-3/h9-11,14H,4-8,12-13H2,1-3H3. The van der Waals surface area contributed by atoms with Crippen molar-refractivity contribution in [3.8, 4) is 5.75 Å². The summed E-state index contributed by atoms with van der Waals surface area (Å²) in [4.78, 5) is 15.5. The number of Topliss-reactive ketones (excluding diaryl/α,β-unsaturated/α-hetero) is 1. The number of carbonyl (C=O) groups is 1. The number of hydrogen-bond acceptors (Lipinski definition) is 3. The molecule has 0 atom stereocenters. The van der Waals surface area contributed by atoms with Crippen molar-refractivity contribution < 1.29 is 9.53 Å². The predicted molar refractivity (Wildman–Crippen MR) is 86.1 cm³/mol. The van der Waals surface area contributed by atoms with Gasteiger partial charge < -0.3 is 4.74 Å². The summed E-state index contributed by atoms with van der Waals surface area (Å²) in [6.45, 7) is 8.73. The number of rotatable bonds is 7. The zero-order valence-corrected chi connectivity index (χ0v) is 13.5. The van der Waals surface area contributed by atoms with Gasteiger partial charge in [-0.3, -0.25) is 9.69 Å². The van der Waals surface area contributed by atoms with E-state index in [9.17, 15) is 4.79 Å². The van der Waals surface area contributed by atoms with Crippen LogP contribution in [0.15, 0.2) is 24.3 Å². The molecule has 1 fully saturated rings. The zero-order valence-electron chi connectivity index (χ0n) is 13.5. The average molecular weight is 289 g/mol. The third-order valence-electron chi connectivity index (χ3n) is 4.63. The fraction of sp³-hybridized carbons (Fsp3) is 0.611. The molecule has 0 saturated heterocycles. The number of ether oxygens (including phenoxy) is 1. The lowest BCUT2D eigenvalue weighted by atomic mass is 9.85. The van der Waals surface area contributed by atoms with E-state index in [2.05, 4.69) is 18.7 Å². The molecule has 116 valence electrons. The number of benzene rings is 1. The third-order valence-corrected chi connectivity index (χ3v) is 4.63. The molecule has 0 spiro atoms. The maximum atomic E-state index is 13.2. The van der Waals surface area contributed by atoms with Gasteiger partial charge in [-0.25, -0.2) is 0 Å². The fourth-order valence-electron chi connectivity index (χ4n) is 3.64. The van der Waals surface area contributed by atoms with E-state index in [0.717, 1.165) is 50.1 Å². The molecule has 0 radical (unpaired) electrons. The van der Waals surface area contributed by atoms with Crippen molar-refractivity contribution in [1.29, 1.82) is 0 Å². The van der Waals surface area contributed by atoms with Crippen LogP contribution < -0.4 is 4.74 Å². The Morgan fingerprint density at radius 3 is 2.43 bits per heavy atom. The van der Waals surface area contributed by atoms with Gasteiger partial charge in [0.15, 0.2) is 5.78 Å². The Kier molecular flexibility index (Phi) is 5.40. The average Bonchev–Trinajstić information content (AvgIpc) is 2.99. The molecule has 1 aliphatic carbocycles. The van der Waals surface area contributed by atoms with E-state index in [4.69, 9.17) is 4.74 Å². The molecule has 0 unspecified atom stereocenters. The molecule has 0 aliphatic heterocycles. The summed E-state index contributed by atoms with van der Waals surface area (Å²) in [5.74, 6) is 1.06. The Labute approximate surface area is 128 Å². The van der Waals surface area contributed by atoms with Crippen molar-refractivity contribution in [3.63, 3.8) is 0 Å². The van der Waals surface area contributed by atoms with Crippen molar-refractivity contribution in [2.75, 3.05) is 19.7 Å². The first-order chi connectivity index (χ1) is 10.2. The van der Waals surface area contributed by atoms with Gasteiger partial charge in [0.25, 0.3) is 0 Å². The Morgan fingerprint density at radius 2 is 1.86 bits per heavy atom. The minimum Gasteiger partial charge on any atom is -0.494 e. The molecular formula is C18H27NO2. The van der Waals surface area contributed by atoms with Crippen molar-refractivity contribution >= 4 is 5.78 Å². The van der Waals surface area contributed by atoms with E-state index in [1.54, 1.807) is 0 Å². The van der Waals surface area contributed by atoms with Gasteiger partial charge in [-0.2, -0.15) is 0 Å². The summed E-state index contributed by atoms with van der Waals surface area (Å²) < 4.78 is 5.54. The minimum absolute atomic E-state index is 0.269. The lowest BCUT2D eigenvalue weighted by Gasteiger charge is -2.39. The van der Waals surface area contributed by atoms with Crippen molar-refractivity contribution in [2.24, 2.45) is 0 Å². The van der Waals surface area contributed by atoms with Crippen molar-refractivity contribution in [2.45, 2.75) is 52.0 Å². The Balaban J connectivity index is 2.32. The highest BCUT2D eigenvalue weighted by Crippen LogP contribution is 2.38. The second-order valence-corrected chi connectivity index (χ2v) is 5.70. The van der Waals surface area contributed by atoms with Crippen LogP contribution in [0.2, 0.25) is 0 Å². The monoisotopic (exact) mass is 289 g/mol. The number of carbonyl (C=O) groups excluding carboxylic acids is 1. The zero-order chi connectivity index (χ0) is 15.3. The van der Waals surface area contributed by atoms with Gasteiger partial charge in [0.1, 0.15) is 5.75 Å². The first-order valence-electron chi connectivity index (χ1n) is 8.20. The first-order valence-corrected chi connectivity index (χ1v) is 8.20. The number of nitrogens with zero attached hydrogens (tertiary/aromatic N) is 1. The quantitative estimate of drug-likeness (QED) is 0.712. The molecular weight excluding hydrogens is 262 g/mol. The number of hydrogen-bond donors (Lipinski definition) is 0. The van der Waals surface area contributed by atoms with Crippen LogP contribution in [0.25, 0.3) is 0 Å². The minimum atomic E-state index is -0.297. The summed E-state index contributed by atoms with van der Waals surface area (Å²) >= 11 is 0. The number of ketones is 1. The fourth-order valence-corrected chi connectivity index (χ4v) is 3.64. The van der Waals surface area contributed by atoms with Crippen LogP contribution >= 0.6 is 0 Å². The second-order valence-electron chi connectivity index (χ2n) is 5.70. The molecule has 2 rings (SSSR count). The van der Waals surface area contributed by atoms with Crippen LogP contribution in [0.4, 0.5) is 0 Å². The Morgan fingerprint density at radius 1 is 1.19 bits per heavy atom. The first kappa shape index (κ1) is 16.0. The lowest BCUT2D eigenvalue weighted by molar-refractivity contribution is 0.0584. The van der Waals surface area contributed by atoms with Crippen molar-refractivity contribution in [3.05, 3.63) is 29.8 Å². The topological polar surface area (TPSA) is 29.5 Å². The smallest absolute Gasteiger partial charge is 0.183 e. The highest BCUT2D eigenvalue weighted by molar-refractivity contribution is 6.03. The van der Waals surface area contributed by atoms with E-state index >= 15 is 0 Å². The summed E-state index contributed by atoms with van der Waals surface area (Å²) in [5.41, 5.74) is 0.490. The highest BCUT2D eigenvalue weighted by atomic mass is 16.5. The van der Waals surface area contributed by atoms with E-state index < -0.39 is 0 Å². The molecule has 0 bridgehead atoms. The maximum Gasteiger partial charge on any atom is 0.183 e. The summed E-state index contributed by atoms with van der Waals surface area (Å²) in [7, 11) is 0. The van der Waals surface area contributed by atoms with Crippen molar-refractivity contribution in [1.82, 2.24) is 4.90 Å². The van der Waals surface area contributed by atoms with Crippen LogP contribution in [0, 0.1) is 0 Å². The van der Waals surface area contributed by atoms with Gasteiger partial charge in [-0.05, 0) is 45.0 Å². The summed E-state index contributed by atoms with van der Waals surface area (Å²) in [6, 6.07) is 7.66. The molecule has 1 saturated carbocycles. The van der Waals surface area contributed by atoms with Crippen LogP contribution in [0.1, 0.15) is 56.8 Å². The molecule has 0 amide bonds. The van der Waals surface area contributed by atoms with E-state index in [1.165, 1.54) is 0 Å². The molecule has 0 N–H and O–H groups in total. The van der Waals surface area contributed by atoms with E-state index in [-0.39, 0.29) is 11.3 Å². The SMILES string of the molecule is CCOc1cccc(C(=O)C2(N(CC)CC)CCCC2)c1. The highest BCUT2D eigenvalue weighted by Gasteiger charge is 2.45. The van der Waals surface area contributed by atoms with Gasteiger partial charge in [0.05, 0.1) is 12.1 Å². The predicted octanol–water partition coefficient (Wildman–Crippen LogP) is 3.92. The van der Waals surface area contributed by atoms with Gasteiger partial charge in [0.2, 0.25) is 0 Å². The van der Waals surface area contributed by atoms with Gasteiger partial charge >= 0.3 is 0 Å². The molecule has 1 aromatic rings. The normalized spacial score (nSPS) is 17.1. The van der Waals surface area contributed by atoms with Crippen LogP contribution in [-0.2, 0) is 0 Å². The molecule has 0 heterocycles. The van der Waals surface area contributed by atoms with Gasteiger partial charge in [-0.15, -0.1) is 0 Å².